The fraction of sp³-hybridized carbons (Fsp3) is 0.0833. The molecule has 4 aromatic carbocycles. The lowest BCUT2D eigenvalue weighted by Crippen LogP contribution is -1.88. The van der Waals surface area contributed by atoms with Gasteiger partial charge in [0.25, 0.3) is 0 Å². The SMILES string of the molecule is Cc1ccccc1-c1cc2c(ccc3sc4ccccc4c32)cc1C. The monoisotopic (exact) mass is 338 g/mol. The second-order valence-corrected chi connectivity index (χ2v) is 7.82. The van der Waals surface area contributed by atoms with Gasteiger partial charge in [-0.25, -0.2) is 0 Å². The molecule has 120 valence electrons. The molecule has 0 aliphatic carbocycles. The van der Waals surface area contributed by atoms with Crippen LogP contribution in [0.15, 0.2) is 72.8 Å². The van der Waals surface area contributed by atoms with Gasteiger partial charge in [0.2, 0.25) is 0 Å². The van der Waals surface area contributed by atoms with Gasteiger partial charge in [-0.2, -0.15) is 0 Å². The van der Waals surface area contributed by atoms with Crippen LogP contribution in [0.5, 0.6) is 0 Å². The molecule has 5 aromatic rings. The van der Waals surface area contributed by atoms with Gasteiger partial charge in [0.05, 0.1) is 0 Å². The Labute approximate surface area is 151 Å². The van der Waals surface area contributed by atoms with E-state index in [1.165, 1.54) is 53.2 Å². The molecule has 25 heavy (non-hydrogen) atoms. The summed E-state index contributed by atoms with van der Waals surface area (Å²) in [6, 6.07) is 26.7. The molecule has 0 nitrogen and oxygen atoms in total. The standard InChI is InChI=1S/C24H18S/c1-15-7-3-4-8-18(15)20-14-21-17(13-16(20)2)11-12-23-24(21)19-9-5-6-10-22(19)25-23/h3-14H,1-2H3. The van der Waals surface area contributed by atoms with Gasteiger partial charge in [-0.3, -0.25) is 0 Å². The van der Waals surface area contributed by atoms with Crippen LogP contribution >= 0.6 is 11.3 Å². The van der Waals surface area contributed by atoms with Gasteiger partial charge in [-0.05, 0) is 65.1 Å². The predicted octanol–water partition coefficient (Wildman–Crippen LogP) is 7.49. The van der Waals surface area contributed by atoms with Gasteiger partial charge < -0.3 is 0 Å². The van der Waals surface area contributed by atoms with Crippen LogP contribution in [-0.2, 0) is 0 Å². The molecule has 5 rings (SSSR count). The maximum Gasteiger partial charge on any atom is 0.0361 e. The molecule has 0 N–H and O–H groups in total. The smallest absolute Gasteiger partial charge is 0.0361 e. The van der Waals surface area contributed by atoms with Gasteiger partial charge in [0, 0.05) is 20.2 Å². The van der Waals surface area contributed by atoms with Gasteiger partial charge >= 0.3 is 0 Å². The number of aryl methyl sites for hydroxylation is 2. The molecule has 1 heteroatoms. The third kappa shape index (κ3) is 2.20. The Hall–Kier alpha value is -2.64. The average molecular weight is 338 g/mol. The van der Waals surface area contributed by atoms with Crippen molar-refractivity contribution in [2.24, 2.45) is 0 Å². The molecule has 0 radical (unpaired) electrons. The van der Waals surface area contributed by atoms with Crippen LogP contribution in [0.25, 0.3) is 42.1 Å². The summed E-state index contributed by atoms with van der Waals surface area (Å²) in [4.78, 5) is 0. The van der Waals surface area contributed by atoms with Crippen LogP contribution in [0.3, 0.4) is 0 Å². The number of hydrogen-bond acceptors (Lipinski definition) is 1. The highest BCUT2D eigenvalue weighted by Crippen LogP contribution is 2.40. The van der Waals surface area contributed by atoms with Crippen molar-refractivity contribution in [1.29, 1.82) is 0 Å². The minimum absolute atomic E-state index is 1.32. The largest absolute Gasteiger partial charge is 0.135 e. The first-order valence-electron chi connectivity index (χ1n) is 8.63. The number of hydrogen-bond donors (Lipinski definition) is 0. The molecule has 0 saturated heterocycles. The van der Waals surface area contributed by atoms with E-state index in [4.69, 9.17) is 0 Å². The Morgan fingerprint density at radius 2 is 1.40 bits per heavy atom. The van der Waals surface area contributed by atoms with E-state index in [9.17, 15) is 0 Å². The summed E-state index contributed by atoms with van der Waals surface area (Å²) < 4.78 is 2.73. The number of benzene rings is 4. The van der Waals surface area contributed by atoms with E-state index >= 15 is 0 Å². The van der Waals surface area contributed by atoms with E-state index in [1.807, 2.05) is 11.3 Å². The lowest BCUT2D eigenvalue weighted by molar-refractivity contribution is 1.42. The summed E-state index contributed by atoms with van der Waals surface area (Å²) in [6.07, 6.45) is 0. The lowest BCUT2D eigenvalue weighted by Gasteiger charge is -2.12. The number of thiophene rings is 1. The van der Waals surface area contributed by atoms with Crippen LogP contribution in [0.2, 0.25) is 0 Å². The van der Waals surface area contributed by atoms with Crippen molar-refractivity contribution in [3.8, 4) is 11.1 Å². The molecule has 0 aliphatic rings. The van der Waals surface area contributed by atoms with Gasteiger partial charge in [-0.15, -0.1) is 11.3 Å². The molecule has 1 heterocycles. The fourth-order valence-electron chi connectivity index (χ4n) is 3.87. The maximum absolute atomic E-state index is 2.40. The Kier molecular flexibility index (Phi) is 3.19. The first-order chi connectivity index (χ1) is 12.2. The molecule has 0 spiro atoms. The second-order valence-electron chi connectivity index (χ2n) is 6.74. The third-order valence-electron chi connectivity index (χ3n) is 5.14. The summed E-state index contributed by atoms with van der Waals surface area (Å²) in [5, 5.41) is 5.45. The molecule has 0 atom stereocenters. The van der Waals surface area contributed by atoms with Gasteiger partial charge in [0.1, 0.15) is 0 Å². The first kappa shape index (κ1) is 14.7. The Morgan fingerprint density at radius 1 is 0.600 bits per heavy atom. The molecule has 1 aromatic heterocycles. The molecule has 0 fully saturated rings. The van der Waals surface area contributed by atoms with Crippen molar-refractivity contribution in [2.75, 3.05) is 0 Å². The molecule has 0 unspecified atom stereocenters. The summed E-state index contributed by atoms with van der Waals surface area (Å²) in [6.45, 7) is 4.41. The second kappa shape index (κ2) is 5.44. The topological polar surface area (TPSA) is 0 Å². The van der Waals surface area contributed by atoms with Crippen LogP contribution in [0, 0.1) is 13.8 Å². The summed E-state index contributed by atoms with van der Waals surface area (Å²) >= 11 is 1.89. The highest BCUT2D eigenvalue weighted by Gasteiger charge is 2.12. The van der Waals surface area contributed by atoms with Crippen molar-refractivity contribution in [3.05, 3.63) is 83.9 Å². The molecule has 0 bridgehead atoms. The van der Waals surface area contributed by atoms with Crippen LogP contribution < -0.4 is 0 Å². The van der Waals surface area contributed by atoms with E-state index < -0.39 is 0 Å². The number of fused-ring (bicyclic) bond motifs is 5. The van der Waals surface area contributed by atoms with Crippen molar-refractivity contribution >= 4 is 42.3 Å². The first-order valence-corrected chi connectivity index (χ1v) is 9.44. The summed E-state index contributed by atoms with van der Waals surface area (Å²) in [7, 11) is 0. The Bertz CT molecular complexity index is 1260. The normalized spacial score (nSPS) is 11.6. The van der Waals surface area contributed by atoms with Crippen molar-refractivity contribution in [1.82, 2.24) is 0 Å². The highest BCUT2D eigenvalue weighted by atomic mass is 32.1. The highest BCUT2D eigenvalue weighted by molar-refractivity contribution is 7.26. The van der Waals surface area contributed by atoms with Crippen molar-refractivity contribution < 1.29 is 0 Å². The van der Waals surface area contributed by atoms with Crippen molar-refractivity contribution in [2.45, 2.75) is 13.8 Å². The fourth-order valence-corrected chi connectivity index (χ4v) is 5.00. The Balaban J connectivity index is 1.94. The van der Waals surface area contributed by atoms with Crippen LogP contribution in [0.4, 0.5) is 0 Å². The molecular formula is C24H18S. The predicted molar refractivity (Wildman–Crippen MR) is 112 cm³/mol. The van der Waals surface area contributed by atoms with E-state index in [0.717, 1.165) is 0 Å². The zero-order chi connectivity index (χ0) is 17.0. The molecule has 0 amide bonds. The zero-order valence-corrected chi connectivity index (χ0v) is 15.2. The van der Waals surface area contributed by atoms with Crippen LogP contribution in [-0.4, -0.2) is 0 Å². The van der Waals surface area contributed by atoms with Crippen molar-refractivity contribution in [3.63, 3.8) is 0 Å². The minimum atomic E-state index is 1.32. The summed E-state index contributed by atoms with van der Waals surface area (Å²) in [5.74, 6) is 0. The molecule has 0 aliphatic heterocycles. The lowest BCUT2D eigenvalue weighted by atomic mass is 9.92. The number of rotatable bonds is 1. The molecule has 0 saturated carbocycles. The van der Waals surface area contributed by atoms with Crippen LogP contribution in [0.1, 0.15) is 11.1 Å². The van der Waals surface area contributed by atoms with Gasteiger partial charge in [-0.1, -0.05) is 54.6 Å². The van der Waals surface area contributed by atoms with E-state index in [-0.39, 0.29) is 0 Å². The third-order valence-corrected chi connectivity index (χ3v) is 6.27. The van der Waals surface area contributed by atoms with E-state index in [2.05, 4.69) is 86.6 Å². The average Bonchev–Trinajstić information content (AvgIpc) is 3.01. The zero-order valence-electron chi connectivity index (χ0n) is 14.3. The van der Waals surface area contributed by atoms with E-state index in [0.29, 0.717) is 0 Å². The Morgan fingerprint density at radius 3 is 2.28 bits per heavy atom. The maximum atomic E-state index is 2.40. The minimum Gasteiger partial charge on any atom is -0.135 e. The molecular weight excluding hydrogens is 320 g/mol. The summed E-state index contributed by atoms with van der Waals surface area (Å²) in [5.41, 5.74) is 5.33. The van der Waals surface area contributed by atoms with Gasteiger partial charge in [0.15, 0.2) is 0 Å². The quantitative estimate of drug-likeness (QED) is 0.297. The van der Waals surface area contributed by atoms with E-state index in [1.54, 1.807) is 0 Å².